The summed E-state index contributed by atoms with van der Waals surface area (Å²) in [4.78, 5) is 62.8. The van der Waals surface area contributed by atoms with Crippen LogP contribution in [0.15, 0.2) is 27.0 Å². The minimum Gasteiger partial charge on any atom is -0.387 e. The summed E-state index contributed by atoms with van der Waals surface area (Å²) in [6, 6.07) is 0.837. The van der Waals surface area contributed by atoms with Crippen LogP contribution in [0.4, 0.5) is 0 Å². The molecule has 1 aliphatic heterocycles. The molecule has 0 aliphatic carbocycles. The Morgan fingerprint density at radius 2 is 1.81 bits per heavy atom. The molecule has 1 aliphatic rings. The van der Waals surface area contributed by atoms with Gasteiger partial charge in [-0.1, -0.05) is 5.11 Å². The highest BCUT2D eigenvalue weighted by atomic mass is 31.3. The Bertz CT molecular complexity index is 1170. The molecule has 32 heavy (non-hydrogen) atoms. The largest absolute Gasteiger partial charge is 0.490 e. The van der Waals surface area contributed by atoms with Crippen LogP contribution in [0.2, 0.25) is 0 Å². The Morgan fingerprint density at radius 1 is 1.19 bits per heavy atom. The van der Waals surface area contributed by atoms with E-state index in [9.17, 15) is 38.4 Å². The van der Waals surface area contributed by atoms with E-state index < -0.39 is 65.5 Å². The van der Waals surface area contributed by atoms with Crippen LogP contribution in [0.3, 0.4) is 0 Å². The standard InChI is InChI=1S/C9H14N5O15P3/c10-13-12-9(3-26-31(22,23)29-32(24,25)28-30(19,20)21)6(17)5(16)7(27-9)14-2-1-4(15)11-8(14)18/h1-2,5-7,16-17H,3H2,(H,22,23)(H,24,25)(H,11,15,18)(H2,19,20,21)/t5-,6+,7+,9?/m0/s1. The van der Waals surface area contributed by atoms with E-state index in [1.165, 1.54) is 0 Å². The van der Waals surface area contributed by atoms with E-state index in [-0.39, 0.29) is 0 Å². The van der Waals surface area contributed by atoms with Gasteiger partial charge in [0.1, 0.15) is 12.2 Å². The molecule has 1 saturated heterocycles. The first-order valence-electron chi connectivity index (χ1n) is 7.71. The zero-order valence-corrected chi connectivity index (χ0v) is 17.8. The first-order chi connectivity index (χ1) is 14.5. The summed E-state index contributed by atoms with van der Waals surface area (Å²) in [5, 5.41) is 23.5. The van der Waals surface area contributed by atoms with Gasteiger partial charge < -0.3 is 34.5 Å². The van der Waals surface area contributed by atoms with Crippen LogP contribution in [0.25, 0.3) is 10.4 Å². The van der Waals surface area contributed by atoms with E-state index in [1.54, 1.807) is 0 Å². The number of hydrogen-bond donors (Lipinski definition) is 7. The molecule has 20 nitrogen and oxygen atoms in total. The van der Waals surface area contributed by atoms with Gasteiger partial charge in [-0.15, -0.1) is 0 Å². The third kappa shape index (κ3) is 6.41. The van der Waals surface area contributed by atoms with Crippen LogP contribution in [0.1, 0.15) is 6.23 Å². The molecule has 1 aromatic heterocycles. The molecule has 2 rings (SSSR count). The average molecular weight is 525 g/mol. The first-order valence-corrected chi connectivity index (χ1v) is 12.2. The number of phosphoric acid groups is 3. The molecule has 7 N–H and O–H groups in total. The van der Waals surface area contributed by atoms with Gasteiger partial charge >= 0.3 is 29.2 Å². The minimum absolute atomic E-state index is 0.564. The maximum Gasteiger partial charge on any atom is 0.490 e. The van der Waals surface area contributed by atoms with Crippen LogP contribution in [-0.2, 0) is 31.6 Å². The summed E-state index contributed by atoms with van der Waals surface area (Å²) in [7, 11) is -17.2. The normalized spacial score (nSPS) is 29.6. The monoisotopic (exact) mass is 525 g/mol. The van der Waals surface area contributed by atoms with Crippen molar-refractivity contribution in [1.29, 1.82) is 0 Å². The smallest absolute Gasteiger partial charge is 0.387 e. The first kappa shape index (κ1) is 26.5. The lowest BCUT2D eigenvalue weighted by atomic mass is 10.1. The van der Waals surface area contributed by atoms with Gasteiger partial charge in [-0.2, -0.15) is 8.62 Å². The van der Waals surface area contributed by atoms with Gasteiger partial charge in [0.2, 0.25) is 5.72 Å². The van der Waals surface area contributed by atoms with Crippen molar-refractivity contribution in [3.8, 4) is 0 Å². The number of hydrogen-bond acceptors (Lipinski definition) is 12. The number of azide groups is 1. The highest BCUT2D eigenvalue weighted by Crippen LogP contribution is 2.66. The highest BCUT2D eigenvalue weighted by molar-refractivity contribution is 7.66. The molecule has 0 amide bonds. The quantitative estimate of drug-likeness (QED) is 0.0804. The van der Waals surface area contributed by atoms with E-state index in [0.717, 1.165) is 12.3 Å². The molecule has 3 unspecified atom stereocenters. The fourth-order valence-corrected chi connectivity index (χ4v) is 5.45. The Hall–Kier alpha value is -1.72. The van der Waals surface area contributed by atoms with Crippen molar-refractivity contribution >= 4 is 23.5 Å². The molecule has 1 fully saturated rings. The number of H-pyrrole nitrogens is 1. The van der Waals surface area contributed by atoms with Crippen molar-refractivity contribution in [3.63, 3.8) is 0 Å². The molecule has 6 atom stereocenters. The number of aromatic nitrogens is 2. The van der Waals surface area contributed by atoms with E-state index in [0.29, 0.717) is 4.57 Å². The molecule has 1 aromatic rings. The molecule has 0 saturated carbocycles. The Kier molecular flexibility index (Phi) is 7.68. The third-order valence-corrected chi connectivity index (χ3v) is 7.38. The number of nitrogens with zero attached hydrogens (tertiary/aromatic N) is 4. The molecule has 0 spiro atoms. The highest BCUT2D eigenvalue weighted by Gasteiger charge is 2.56. The van der Waals surface area contributed by atoms with Crippen molar-refractivity contribution in [1.82, 2.24) is 9.55 Å². The lowest BCUT2D eigenvalue weighted by Gasteiger charge is -2.27. The molecule has 0 aromatic carbocycles. The van der Waals surface area contributed by atoms with Crippen LogP contribution >= 0.6 is 23.5 Å². The van der Waals surface area contributed by atoms with Gasteiger partial charge in [0.25, 0.3) is 5.56 Å². The Morgan fingerprint density at radius 3 is 2.34 bits per heavy atom. The zero-order chi connectivity index (χ0) is 24.5. The molecule has 23 heteroatoms. The van der Waals surface area contributed by atoms with Crippen molar-refractivity contribution in [2.24, 2.45) is 5.11 Å². The number of phosphoric ester groups is 1. The number of nitrogens with one attached hydrogen (secondary N) is 1. The van der Waals surface area contributed by atoms with Gasteiger partial charge in [-0.25, -0.2) is 18.5 Å². The number of ether oxygens (including phenoxy) is 1. The van der Waals surface area contributed by atoms with Crippen molar-refractivity contribution in [2.75, 3.05) is 6.61 Å². The number of rotatable bonds is 9. The topological polar surface area (TPSA) is 313 Å². The van der Waals surface area contributed by atoms with Crippen LogP contribution < -0.4 is 11.2 Å². The van der Waals surface area contributed by atoms with Gasteiger partial charge in [0.05, 0.1) is 6.61 Å². The minimum atomic E-state index is -5.87. The fraction of sp³-hybridized carbons (Fsp3) is 0.556. The molecule has 2 heterocycles. The summed E-state index contributed by atoms with van der Waals surface area (Å²) in [5.41, 5.74) is 4.06. The molecule has 180 valence electrons. The van der Waals surface area contributed by atoms with Gasteiger partial charge in [-0.05, 0) is 5.53 Å². The average Bonchev–Trinajstić information content (AvgIpc) is 2.83. The second-order valence-electron chi connectivity index (χ2n) is 5.86. The molecular formula is C9H14N5O15P3. The summed E-state index contributed by atoms with van der Waals surface area (Å²) in [6.07, 6.45) is -5.27. The molecular weight excluding hydrogens is 511 g/mol. The predicted molar refractivity (Wildman–Crippen MR) is 95.2 cm³/mol. The van der Waals surface area contributed by atoms with Crippen LogP contribution in [-0.4, -0.2) is 63.9 Å². The second-order valence-corrected chi connectivity index (χ2v) is 10.3. The van der Waals surface area contributed by atoms with Gasteiger partial charge in [-0.3, -0.25) is 18.9 Å². The van der Waals surface area contributed by atoms with Gasteiger partial charge in [0.15, 0.2) is 6.23 Å². The van der Waals surface area contributed by atoms with Crippen molar-refractivity contribution in [2.45, 2.75) is 24.2 Å². The van der Waals surface area contributed by atoms with E-state index >= 15 is 0 Å². The van der Waals surface area contributed by atoms with E-state index in [2.05, 4.69) is 23.2 Å². The van der Waals surface area contributed by atoms with Crippen LogP contribution in [0.5, 0.6) is 0 Å². The number of aliphatic hydroxyl groups excluding tert-OH is 2. The van der Waals surface area contributed by atoms with Crippen molar-refractivity contribution in [3.05, 3.63) is 43.5 Å². The Labute approximate surface area is 174 Å². The Balaban J connectivity index is 2.28. The number of aromatic amines is 1. The predicted octanol–water partition coefficient (Wildman–Crippen LogP) is -1.86. The van der Waals surface area contributed by atoms with Crippen LogP contribution in [0, 0.1) is 0 Å². The lowest BCUT2D eigenvalue weighted by molar-refractivity contribution is -0.123. The molecule has 0 radical (unpaired) electrons. The second kappa shape index (κ2) is 9.26. The number of aliphatic hydroxyl groups is 2. The van der Waals surface area contributed by atoms with Gasteiger partial charge in [0, 0.05) is 17.2 Å². The summed E-state index contributed by atoms with van der Waals surface area (Å²) < 4.78 is 50.8. The lowest BCUT2D eigenvalue weighted by Crippen LogP contribution is -2.44. The zero-order valence-electron chi connectivity index (χ0n) is 15.1. The van der Waals surface area contributed by atoms with E-state index in [4.69, 9.17) is 24.9 Å². The maximum atomic E-state index is 11.9. The SMILES string of the molecule is [N-]=[N+]=NC1(COP(=O)(O)OP(=O)(O)OP(=O)(O)O)O[C@@H](n2ccc(=O)[nH]c2=O)[C@@H](O)[C@H]1O. The van der Waals surface area contributed by atoms with E-state index in [1.807, 2.05) is 4.98 Å². The summed E-state index contributed by atoms with van der Waals surface area (Å²) >= 11 is 0. The summed E-state index contributed by atoms with van der Waals surface area (Å²) in [6.45, 7) is -1.46. The fourth-order valence-electron chi connectivity index (χ4n) is 2.40. The third-order valence-electron chi connectivity index (χ3n) is 3.59. The summed E-state index contributed by atoms with van der Waals surface area (Å²) in [5.74, 6) is 0. The maximum absolute atomic E-state index is 11.9. The molecule has 0 bridgehead atoms. The van der Waals surface area contributed by atoms with Crippen molar-refractivity contribution < 1.29 is 61.4 Å².